The van der Waals surface area contributed by atoms with Gasteiger partial charge in [0.15, 0.2) is 0 Å². The van der Waals surface area contributed by atoms with Crippen molar-refractivity contribution in [3.63, 3.8) is 0 Å². The number of Topliss-reactive ketones (excluding diaryl/α,β-unsaturated/α-hetero) is 1. The molecule has 0 unspecified atom stereocenters. The van der Waals surface area contributed by atoms with E-state index in [1.807, 2.05) is 13.0 Å². The minimum atomic E-state index is -0.528. The fourth-order valence-electron chi connectivity index (χ4n) is 1.32. The minimum absolute atomic E-state index is 0. The molecule has 0 bridgehead atoms. The molecule has 3 nitrogen and oxygen atoms in total. The van der Waals surface area contributed by atoms with Gasteiger partial charge in [-0.1, -0.05) is 12.1 Å². The predicted octanol–water partition coefficient (Wildman–Crippen LogP) is -1.87. The van der Waals surface area contributed by atoms with Crippen LogP contribution in [0.15, 0.2) is 18.2 Å². The van der Waals surface area contributed by atoms with Crippen LogP contribution in [0.25, 0.3) is 0 Å². The second kappa shape index (κ2) is 3.18. The first-order valence-electron chi connectivity index (χ1n) is 3.65. The fraction of sp³-hybridized carbons (Fsp3) is 0.111. The Balaban J connectivity index is 0.000000845. The van der Waals surface area contributed by atoms with Crippen LogP contribution in [0, 0.1) is 6.92 Å². The molecule has 0 fully saturated rings. The highest BCUT2D eigenvalue weighted by Crippen LogP contribution is 2.25. The standard InChI is InChI=1S/C9H7NO2.ClH/c1-5-3-2-4-6-7(5)10-9(12)8(6)11;/h2-4H,1H3,(H,10,11,12);1H/p-1. The molecule has 1 aliphatic heterocycles. The van der Waals surface area contributed by atoms with Gasteiger partial charge in [0.25, 0.3) is 11.7 Å². The molecule has 0 saturated carbocycles. The van der Waals surface area contributed by atoms with Gasteiger partial charge in [0, 0.05) is 0 Å². The van der Waals surface area contributed by atoms with Gasteiger partial charge in [-0.05, 0) is 18.6 Å². The van der Waals surface area contributed by atoms with E-state index in [0.29, 0.717) is 11.3 Å². The maximum absolute atomic E-state index is 11.1. The first kappa shape index (κ1) is 9.74. The number of ketones is 1. The number of fused-ring (bicyclic) bond motifs is 1. The zero-order chi connectivity index (χ0) is 8.72. The van der Waals surface area contributed by atoms with Crippen molar-refractivity contribution in [2.45, 2.75) is 6.92 Å². The summed E-state index contributed by atoms with van der Waals surface area (Å²) in [7, 11) is 0. The van der Waals surface area contributed by atoms with Crippen LogP contribution in [0.4, 0.5) is 5.69 Å². The number of aryl methyl sites for hydroxylation is 1. The fourth-order valence-corrected chi connectivity index (χ4v) is 1.32. The van der Waals surface area contributed by atoms with Crippen molar-refractivity contribution in [1.29, 1.82) is 0 Å². The van der Waals surface area contributed by atoms with E-state index in [2.05, 4.69) is 5.32 Å². The minimum Gasteiger partial charge on any atom is -1.00 e. The highest BCUT2D eigenvalue weighted by molar-refractivity contribution is 6.51. The van der Waals surface area contributed by atoms with E-state index in [4.69, 9.17) is 0 Å². The zero-order valence-electron chi connectivity index (χ0n) is 6.93. The Morgan fingerprint density at radius 2 is 1.92 bits per heavy atom. The third-order valence-corrected chi connectivity index (χ3v) is 1.96. The van der Waals surface area contributed by atoms with E-state index in [1.165, 1.54) is 0 Å². The van der Waals surface area contributed by atoms with Gasteiger partial charge in [-0.3, -0.25) is 9.59 Å². The molecule has 0 spiro atoms. The number of anilines is 1. The normalized spacial score (nSPS) is 13.3. The maximum Gasteiger partial charge on any atom is 0.296 e. The second-order valence-corrected chi connectivity index (χ2v) is 2.78. The molecule has 0 aromatic heterocycles. The molecule has 0 atom stereocenters. The molecule has 0 saturated heterocycles. The summed E-state index contributed by atoms with van der Waals surface area (Å²) in [4.78, 5) is 22.1. The molecule has 1 aromatic rings. The maximum atomic E-state index is 11.1. The molecule has 1 heterocycles. The number of amides is 1. The van der Waals surface area contributed by atoms with Gasteiger partial charge in [0.2, 0.25) is 0 Å². The molecular weight excluding hydrogens is 190 g/mol. The number of para-hydroxylation sites is 1. The van der Waals surface area contributed by atoms with Crippen LogP contribution in [-0.4, -0.2) is 11.7 Å². The Hall–Kier alpha value is -1.35. The van der Waals surface area contributed by atoms with E-state index in [1.54, 1.807) is 12.1 Å². The van der Waals surface area contributed by atoms with Gasteiger partial charge in [-0.25, -0.2) is 0 Å². The summed E-state index contributed by atoms with van der Waals surface area (Å²) >= 11 is 0. The van der Waals surface area contributed by atoms with Crippen molar-refractivity contribution in [2.75, 3.05) is 5.32 Å². The smallest absolute Gasteiger partial charge is 0.296 e. The van der Waals surface area contributed by atoms with Gasteiger partial charge in [0.1, 0.15) is 0 Å². The predicted molar refractivity (Wildman–Crippen MR) is 44.1 cm³/mol. The summed E-state index contributed by atoms with van der Waals surface area (Å²) in [6.07, 6.45) is 0. The van der Waals surface area contributed by atoms with E-state index in [9.17, 15) is 9.59 Å². The molecule has 4 heteroatoms. The summed E-state index contributed by atoms with van der Waals surface area (Å²) in [6.45, 7) is 1.86. The molecule has 0 aliphatic carbocycles. The van der Waals surface area contributed by atoms with Crippen molar-refractivity contribution in [1.82, 2.24) is 0 Å². The number of halogens is 1. The highest BCUT2D eigenvalue weighted by Gasteiger charge is 2.28. The molecule has 1 N–H and O–H groups in total. The van der Waals surface area contributed by atoms with Crippen molar-refractivity contribution in [2.24, 2.45) is 0 Å². The molecule has 1 aromatic carbocycles. The van der Waals surface area contributed by atoms with Gasteiger partial charge in [-0.15, -0.1) is 0 Å². The van der Waals surface area contributed by atoms with Gasteiger partial charge < -0.3 is 17.7 Å². The number of nitrogens with one attached hydrogen (secondary N) is 1. The Kier molecular flexibility index (Phi) is 2.38. The summed E-state index contributed by atoms with van der Waals surface area (Å²) in [5.74, 6) is -0.965. The number of rotatable bonds is 0. The lowest BCUT2D eigenvalue weighted by molar-refractivity contribution is -0.112. The van der Waals surface area contributed by atoms with Gasteiger partial charge in [0.05, 0.1) is 11.3 Å². The van der Waals surface area contributed by atoms with Crippen molar-refractivity contribution < 1.29 is 22.0 Å². The second-order valence-electron chi connectivity index (χ2n) is 2.78. The summed E-state index contributed by atoms with van der Waals surface area (Å²) < 4.78 is 0. The van der Waals surface area contributed by atoms with E-state index < -0.39 is 11.7 Å². The van der Waals surface area contributed by atoms with Gasteiger partial charge >= 0.3 is 0 Å². The Morgan fingerprint density at radius 3 is 2.54 bits per heavy atom. The topological polar surface area (TPSA) is 46.2 Å². The quantitative estimate of drug-likeness (QED) is 0.495. The van der Waals surface area contributed by atoms with Crippen molar-refractivity contribution in [3.8, 4) is 0 Å². The Bertz CT molecular complexity index is 387. The highest BCUT2D eigenvalue weighted by atomic mass is 35.5. The number of hydrogen-bond donors (Lipinski definition) is 1. The van der Waals surface area contributed by atoms with Crippen LogP contribution in [0.1, 0.15) is 15.9 Å². The number of hydrogen-bond acceptors (Lipinski definition) is 2. The summed E-state index contributed by atoms with van der Waals surface area (Å²) in [5.41, 5.74) is 2.07. The molecule has 68 valence electrons. The largest absolute Gasteiger partial charge is 1.00 e. The first-order valence-corrected chi connectivity index (χ1v) is 3.65. The van der Waals surface area contributed by atoms with Crippen LogP contribution < -0.4 is 17.7 Å². The van der Waals surface area contributed by atoms with Crippen molar-refractivity contribution >= 4 is 17.4 Å². The SMILES string of the molecule is Cc1cccc2c1NC(=O)C2=O.[Cl-]. The number of carbonyl (C=O) groups is 2. The number of benzene rings is 1. The van der Waals surface area contributed by atoms with Crippen LogP contribution >= 0.6 is 0 Å². The average molecular weight is 197 g/mol. The van der Waals surface area contributed by atoms with Crippen LogP contribution in [0.2, 0.25) is 0 Å². The number of carbonyl (C=O) groups excluding carboxylic acids is 2. The average Bonchev–Trinajstić information content (AvgIpc) is 2.32. The van der Waals surface area contributed by atoms with Gasteiger partial charge in [-0.2, -0.15) is 0 Å². The molecular formula is C9H7ClNO2-. The third kappa shape index (κ3) is 1.31. The third-order valence-electron chi connectivity index (χ3n) is 1.96. The van der Waals surface area contributed by atoms with E-state index in [0.717, 1.165) is 5.56 Å². The summed E-state index contributed by atoms with van der Waals surface area (Å²) in [5, 5.41) is 2.53. The lowest BCUT2D eigenvalue weighted by Gasteiger charge is -1.99. The molecule has 2 rings (SSSR count). The molecule has 1 aliphatic rings. The zero-order valence-corrected chi connectivity index (χ0v) is 7.68. The first-order chi connectivity index (χ1) is 5.70. The van der Waals surface area contributed by atoms with E-state index in [-0.39, 0.29) is 12.4 Å². The Labute approximate surface area is 81.5 Å². The molecule has 0 radical (unpaired) electrons. The molecule has 1 amide bonds. The van der Waals surface area contributed by atoms with E-state index >= 15 is 0 Å². The van der Waals surface area contributed by atoms with Crippen LogP contribution in [0.3, 0.4) is 0 Å². The lowest BCUT2D eigenvalue weighted by Crippen LogP contribution is -3.00. The lowest BCUT2D eigenvalue weighted by atomic mass is 10.1. The van der Waals surface area contributed by atoms with Crippen LogP contribution in [-0.2, 0) is 4.79 Å². The Morgan fingerprint density at radius 1 is 1.23 bits per heavy atom. The summed E-state index contributed by atoms with van der Waals surface area (Å²) in [6, 6.07) is 5.28. The van der Waals surface area contributed by atoms with Crippen LogP contribution in [0.5, 0.6) is 0 Å². The van der Waals surface area contributed by atoms with Crippen molar-refractivity contribution in [3.05, 3.63) is 29.3 Å². The molecule has 13 heavy (non-hydrogen) atoms. The monoisotopic (exact) mass is 196 g/mol.